The summed E-state index contributed by atoms with van der Waals surface area (Å²) in [6.45, 7) is 3.46. The maximum atomic E-state index is 12.6. The zero-order valence-corrected chi connectivity index (χ0v) is 14.8. The monoisotopic (exact) mass is 359 g/mol. The molecule has 1 saturated heterocycles. The summed E-state index contributed by atoms with van der Waals surface area (Å²) in [5, 5.41) is 7.92. The van der Waals surface area contributed by atoms with Gasteiger partial charge in [-0.25, -0.2) is 9.79 Å². The highest BCUT2D eigenvalue weighted by molar-refractivity contribution is 6.20. The van der Waals surface area contributed by atoms with E-state index in [9.17, 15) is 14.4 Å². The second kappa shape index (κ2) is 7.59. The molecule has 3 rings (SSSR count). The predicted octanol–water partition coefficient (Wildman–Crippen LogP) is 0.681. The van der Waals surface area contributed by atoms with Crippen LogP contribution in [0.15, 0.2) is 17.1 Å². The average Bonchev–Trinajstić information content (AvgIpc) is 2.66. The fourth-order valence-corrected chi connectivity index (χ4v) is 2.94. The number of hydrogen-bond donors (Lipinski definition) is 0. The molecular weight excluding hydrogens is 338 g/mol. The Morgan fingerprint density at radius 1 is 1.23 bits per heavy atom. The first kappa shape index (κ1) is 18.0. The van der Waals surface area contributed by atoms with E-state index in [4.69, 9.17) is 4.74 Å². The second-order valence-corrected chi connectivity index (χ2v) is 6.53. The SMILES string of the molecule is Cc1ccc(OCC2CCN(C(=O)C3C=NC(=O)N(C)C3=O)CC2)nn1. The summed E-state index contributed by atoms with van der Waals surface area (Å²) < 4.78 is 5.66. The Kier molecular flexibility index (Phi) is 5.24. The molecule has 4 amide bonds. The molecule has 0 bridgehead atoms. The first-order chi connectivity index (χ1) is 12.5. The van der Waals surface area contributed by atoms with Gasteiger partial charge in [-0.3, -0.25) is 14.5 Å². The minimum absolute atomic E-state index is 0.304. The van der Waals surface area contributed by atoms with Gasteiger partial charge in [-0.05, 0) is 31.7 Å². The Balaban J connectivity index is 1.49. The van der Waals surface area contributed by atoms with Crippen molar-refractivity contribution in [3.63, 3.8) is 0 Å². The molecule has 0 radical (unpaired) electrons. The van der Waals surface area contributed by atoms with Crippen LogP contribution in [0.2, 0.25) is 0 Å². The number of carbonyl (C=O) groups excluding carboxylic acids is 3. The predicted molar refractivity (Wildman–Crippen MR) is 91.7 cm³/mol. The van der Waals surface area contributed by atoms with Crippen LogP contribution in [0.4, 0.5) is 4.79 Å². The molecule has 0 aromatic carbocycles. The molecule has 1 unspecified atom stereocenters. The number of imide groups is 1. The Morgan fingerprint density at radius 2 is 1.96 bits per heavy atom. The largest absolute Gasteiger partial charge is 0.476 e. The number of amides is 4. The van der Waals surface area contributed by atoms with E-state index in [1.54, 1.807) is 11.0 Å². The van der Waals surface area contributed by atoms with Gasteiger partial charge >= 0.3 is 6.03 Å². The van der Waals surface area contributed by atoms with Gasteiger partial charge < -0.3 is 9.64 Å². The first-order valence-electron chi connectivity index (χ1n) is 8.53. The fraction of sp³-hybridized carbons (Fsp3) is 0.529. The number of aliphatic imine (C=N–C) groups is 1. The van der Waals surface area contributed by atoms with Crippen LogP contribution in [0, 0.1) is 18.8 Å². The van der Waals surface area contributed by atoms with Crippen LogP contribution in [-0.4, -0.2) is 70.8 Å². The van der Waals surface area contributed by atoms with Gasteiger partial charge in [-0.15, -0.1) is 5.10 Å². The summed E-state index contributed by atoms with van der Waals surface area (Å²) in [4.78, 5) is 42.2. The molecule has 26 heavy (non-hydrogen) atoms. The number of rotatable bonds is 4. The maximum absolute atomic E-state index is 12.6. The number of nitrogens with zero attached hydrogens (tertiary/aromatic N) is 5. The lowest BCUT2D eigenvalue weighted by Gasteiger charge is -2.34. The molecule has 2 aliphatic heterocycles. The molecule has 1 fully saturated rings. The molecule has 9 nitrogen and oxygen atoms in total. The molecule has 1 aromatic rings. The lowest BCUT2D eigenvalue weighted by molar-refractivity contribution is -0.142. The van der Waals surface area contributed by atoms with Gasteiger partial charge in [0.2, 0.25) is 17.7 Å². The minimum Gasteiger partial charge on any atom is -0.476 e. The molecule has 0 N–H and O–H groups in total. The van der Waals surface area contributed by atoms with Crippen LogP contribution < -0.4 is 4.74 Å². The molecule has 0 spiro atoms. The number of urea groups is 1. The summed E-state index contributed by atoms with van der Waals surface area (Å²) in [6.07, 6.45) is 2.70. The minimum atomic E-state index is -1.01. The van der Waals surface area contributed by atoms with Gasteiger partial charge in [0.05, 0.1) is 12.3 Å². The highest BCUT2D eigenvalue weighted by Gasteiger charge is 2.37. The number of aromatic nitrogens is 2. The molecule has 9 heteroatoms. The van der Waals surface area contributed by atoms with Crippen LogP contribution in [0.25, 0.3) is 0 Å². The first-order valence-corrected chi connectivity index (χ1v) is 8.53. The van der Waals surface area contributed by atoms with Gasteiger partial charge in [0.15, 0.2) is 5.92 Å². The molecule has 138 valence electrons. The highest BCUT2D eigenvalue weighted by atomic mass is 16.5. The van der Waals surface area contributed by atoms with Gasteiger partial charge in [-0.1, -0.05) is 0 Å². The van der Waals surface area contributed by atoms with E-state index in [-0.39, 0.29) is 5.91 Å². The summed E-state index contributed by atoms with van der Waals surface area (Å²) in [5.41, 5.74) is 0.831. The third kappa shape index (κ3) is 3.87. The second-order valence-electron chi connectivity index (χ2n) is 6.53. The Hall–Kier alpha value is -2.84. The number of likely N-dealkylation sites (tertiary alicyclic amines) is 1. The Labute approximate surface area is 151 Å². The van der Waals surface area contributed by atoms with Crippen LogP contribution in [0.3, 0.4) is 0 Å². The normalized spacial score (nSPS) is 21.2. The fourth-order valence-electron chi connectivity index (χ4n) is 2.94. The summed E-state index contributed by atoms with van der Waals surface area (Å²) in [7, 11) is 1.33. The van der Waals surface area contributed by atoms with Crippen LogP contribution in [0.1, 0.15) is 18.5 Å². The van der Waals surface area contributed by atoms with Crippen LogP contribution in [-0.2, 0) is 9.59 Å². The van der Waals surface area contributed by atoms with Crippen molar-refractivity contribution in [3.8, 4) is 5.88 Å². The zero-order valence-electron chi connectivity index (χ0n) is 14.8. The molecule has 1 atom stereocenters. The Bertz CT molecular complexity index is 725. The van der Waals surface area contributed by atoms with E-state index in [1.807, 2.05) is 13.0 Å². The Morgan fingerprint density at radius 3 is 2.62 bits per heavy atom. The summed E-state index contributed by atoms with van der Waals surface area (Å²) in [5.74, 6) is -1.04. The van der Waals surface area contributed by atoms with Gasteiger partial charge in [-0.2, -0.15) is 5.10 Å². The van der Waals surface area contributed by atoms with Crippen molar-refractivity contribution in [2.24, 2.45) is 16.8 Å². The lowest BCUT2D eigenvalue weighted by Crippen LogP contribution is -2.50. The van der Waals surface area contributed by atoms with E-state index in [1.165, 1.54) is 7.05 Å². The topological polar surface area (TPSA) is 105 Å². The molecule has 0 saturated carbocycles. The smallest absolute Gasteiger partial charge is 0.349 e. The van der Waals surface area contributed by atoms with Crippen molar-refractivity contribution < 1.29 is 19.1 Å². The van der Waals surface area contributed by atoms with Crippen molar-refractivity contribution in [1.29, 1.82) is 0 Å². The molecule has 3 heterocycles. The van der Waals surface area contributed by atoms with Crippen LogP contribution >= 0.6 is 0 Å². The molecular formula is C17H21N5O4. The van der Waals surface area contributed by atoms with E-state index < -0.39 is 17.9 Å². The molecule has 2 aliphatic rings. The van der Waals surface area contributed by atoms with Crippen molar-refractivity contribution in [1.82, 2.24) is 20.0 Å². The number of piperidine rings is 1. The third-order valence-electron chi connectivity index (χ3n) is 4.65. The van der Waals surface area contributed by atoms with E-state index in [0.29, 0.717) is 31.5 Å². The van der Waals surface area contributed by atoms with E-state index in [2.05, 4.69) is 15.2 Å². The molecule has 1 aromatic heterocycles. The molecule has 0 aliphatic carbocycles. The number of ether oxygens (including phenoxy) is 1. The van der Waals surface area contributed by atoms with Gasteiger partial charge in [0.1, 0.15) is 0 Å². The van der Waals surface area contributed by atoms with Crippen molar-refractivity contribution >= 4 is 24.1 Å². The number of carbonyl (C=O) groups is 3. The average molecular weight is 359 g/mol. The van der Waals surface area contributed by atoms with Crippen molar-refractivity contribution in [3.05, 3.63) is 17.8 Å². The van der Waals surface area contributed by atoms with Crippen molar-refractivity contribution in [2.45, 2.75) is 19.8 Å². The zero-order chi connectivity index (χ0) is 18.7. The van der Waals surface area contributed by atoms with E-state index in [0.717, 1.165) is 29.7 Å². The van der Waals surface area contributed by atoms with Crippen molar-refractivity contribution in [2.75, 3.05) is 26.7 Å². The van der Waals surface area contributed by atoms with Crippen LogP contribution in [0.5, 0.6) is 5.88 Å². The van der Waals surface area contributed by atoms with Gasteiger partial charge in [0.25, 0.3) is 0 Å². The van der Waals surface area contributed by atoms with Gasteiger partial charge in [0, 0.05) is 32.4 Å². The summed E-state index contributed by atoms with van der Waals surface area (Å²) >= 11 is 0. The number of aryl methyl sites for hydroxylation is 1. The quantitative estimate of drug-likeness (QED) is 0.732. The third-order valence-corrected chi connectivity index (χ3v) is 4.65. The maximum Gasteiger partial charge on any atom is 0.349 e. The lowest BCUT2D eigenvalue weighted by atomic mass is 9.96. The standard InChI is InChI=1S/C17H21N5O4/c1-11-3-4-14(20-19-11)26-10-12-5-7-22(8-6-12)16(24)13-9-18-17(25)21(2)15(13)23/h3-4,9,12-13H,5-8,10H2,1-2H3. The highest BCUT2D eigenvalue weighted by Crippen LogP contribution is 2.21. The number of hydrogen-bond acceptors (Lipinski definition) is 6. The van der Waals surface area contributed by atoms with E-state index >= 15 is 0 Å². The summed E-state index contributed by atoms with van der Waals surface area (Å²) in [6, 6.07) is 2.98.